The SMILES string of the molecule is CC(C)c1ccccc1N(Cc1ccc(C(=O)NCCOc2ccccc2Cl)cc1)S(C)(=O)=O. The lowest BCUT2D eigenvalue weighted by atomic mass is 10.0. The zero-order valence-corrected chi connectivity index (χ0v) is 21.1. The first-order valence-electron chi connectivity index (χ1n) is 11.0. The molecule has 0 aliphatic rings. The number of ether oxygens (including phenoxy) is 1. The van der Waals surface area contributed by atoms with Crippen molar-refractivity contribution in [2.75, 3.05) is 23.7 Å². The van der Waals surface area contributed by atoms with Gasteiger partial charge in [0, 0.05) is 5.56 Å². The molecule has 180 valence electrons. The molecule has 0 unspecified atom stereocenters. The molecule has 8 heteroatoms. The van der Waals surface area contributed by atoms with E-state index in [0.717, 1.165) is 11.1 Å². The predicted molar refractivity (Wildman–Crippen MR) is 137 cm³/mol. The quantitative estimate of drug-likeness (QED) is 0.386. The number of carbonyl (C=O) groups excluding carboxylic acids is 1. The van der Waals surface area contributed by atoms with Crippen molar-refractivity contribution in [3.63, 3.8) is 0 Å². The standard InChI is InChI=1S/C26H29ClN2O4S/c1-19(2)22-8-4-6-10-24(22)29(34(3,31)32)18-20-12-14-21(15-13-20)26(30)28-16-17-33-25-11-7-5-9-23(25)27/h4-15,19H,16-18H2,1-3H3,(H,28,30). The Morgan fingerprint density at radius 2 is 1.65 bits per heavy atom. The van der Waals surface area contributed by atoms with Gasteiger partial charge in [0.15, 0.2) is 0 Å². The Morgan fingerprint density at radius 3 is 2.29 bits per heavy atom. The molecule has 0 spiro atoms. The van der Waals surface area contributed by atoms with E-state index in [-0.39, 0.29) is 25.0 Å². The smallest absolute Gasteiger partial charge is 0.251 e. The topological polar surface area (TPSA) is 75.7 Å². The first kappa shape index (κ1) is 25.6. The zero-order valence-electron chi connectivity index (χ0n) is 19.5. The van der Waals surface area contributed by atoms with E-state index in [1.165, 1.54) is 10.6 Å². The fourth-order valence-corrected chi connectivity index (χ4v) is 4.60. The number of anilines is 1. The van der Waals surface area contributed by atoms with Crippen molar-refractivity contribution in [2.24, 2.45) is 0 Å². The van der Waals surface area contributed by atoms with Crippen molar-refractivity contribution in [2.45, 2.75) is 26.3 Å². The van der Waals surface area contributed by atoms with Crippen molar-refractivity contribution in [1.82, 2.24) is 5.32 Å². The van der Waals surface area contributed by atoms with E-state index in [1.807, 2.05) is 50.2 Å². The number of benzene rings is 3. The number of amides is 1. The summed E-state index contributed by atoms with van der Waals surface area (Å²) in [5.41, 5.74) is 2.89. The van der Waals surface area contributed by atoms with Gasteiger partial charge in [-0.15, -0.1) is 0 Å². The lowest BCUT2D eigenvalue weighted by molar-refractivity contribution is 0.0947. The highest BCUT2D eigenvalue weighted by Crippen LogP contribution is 2.30. The van der Waals surface area contributed by atoms with Crippen LogP contribution < -0.4 is 14.4 Å². The van der Waals surface area contributed by atoms with Crippen molar-refractivity contribution in [3.8, 4) is 5.75 Å². The summed E-state index contributed by atoms with van der Waals surface area (Å²) in [5, 5.41) is 3.32. The minimum Gasteiger partial charge on any atom is -0.490 e. The molecule has 0 aliphatic heterocycles. The maximum Gasteiger partial charge on any atom is 0.251 e. The van der Waals surface area contributed by atoms with E-state index >= 15 is 0 Å². The number of hydrogen-bond acceptors (Lipinski definition) is 4. The highest BCUT2D eigenvalue weighted by molar-refractivity contribution is 7.92. The first-order valence-corrected chi connectivity index (χ1v) is 13.2. The van der Waals surface area contributed by atoms with E-state index < -0.39 is 10.0 Å². The van der Waals surface area contributed by atoms with Gasteiger partial charge in [-0.25, -0.2) is 8.42 Å². The van der Waals surface area contributed by atoms with Gasteiger partial charge in [-0.2, -0.15) is 0 Å². The molecule has 0 saturated carbocycles. The molecular formula is C26H29ClN2O4S. The lowest BCUT2D eigenvalue weighted by Gasteiger charge is -2.26. The fourth-order valence-electron chi connectivity index (χ4n) is 3.50. The van der Waals surface area contributed by atoms with Gasteiger partial charge >= 0.3 is 0 Å². The molecule has 6 nitrogen and oxygen atoms in total. The van der Waals surface area contributed by atoms with Crippen LogP contribution in [0.25, 0.3) is 0 Å². The van der Waals surface area contributed by atoms with E-state index in [4.69, 9.17) is 16.3 Å². The van der Waals surface area contributed by atoms with Gasteiger partial charge in [0.2, 0.25) is 10.0 Å². The normalized spacial score (nSPS) is 11.3. The van der Waals surface area contributed by atoms with E-state index in [1.54, 1.807) is 36.4 Å². The van der Waals surface area contributed by atoms with E-state index in [9.17, 15) is 13.2 Å². The number of sulfonamides is 1. The molecule has 3 rings (SSSR count). The van der Waals surface area contributed by atoms with Crippen LogP contribution in [-0.4, -0.2) is 33.7 Å². The van der Waals surface area contributed by atoms with Gasteiger partial charge in [0.25, 0.3) is 5.91 Å². The van der Waals surface area contributed by atoms with Crippen LogP contribution >= 0.6 is 11.6 Å². The third kappa shape index (κ3) is 6.74. The summed E-state index contributed by atoms with van der Waals surface area (Å²) in [5.74, 6) is 0.505. The summed E-state index contributed by atoms with van der Waals surface area (Å²) >= 11 is 6.05. The molecule has 0 atom stereocenters. The minimum atomic E-state index is -3.51. The molecule has 3 aromatic rings. The van der Waals surface area contributed by atoms with Crippen LogP contribution in [0.15, 0.2) is 72.8 Å². The van der Waals surface area contributed by atoms with Crippen LogP contribution in [0.2, 0.25) is 5.02 Å². The first-order chi connectivity index (χ1) is 16.2. The largest absolute Gasteiger partial charge is 0.490 e. The van der Waals surface area contributed by atoms with Gasteiger partial charge in [0.1, 0.15) is 12.4 Å². The van der Waals surface area contributed by atoms with E-state index in [0.29, 0.717) is 28.6 Å². The summed E-state index contributed by atoms with van der Waals surface area (Å²) in [6.45, 7) is 4.85. The maximum atomic E-state index is 12.6. The molecule has 1 N–H and O–H groups in total. The van der Waals surface area contributed by atoms with Crippen LogP contribution in [0.1, 0.15) is 41.3 Å². The third-order valence-corrected chi connectivity index (χ3v) is 6.69. The van der Waals surface area contributed by atoms with Crippen molar-refractivity contribution >= 4 is 33.2 Å². The van der Waals surface area contributed by atoms with Crippen LogP contribution in [0.3, 0.4) is 0 Å². The molecule has 34 heavy (non-hydrogen) atoms. The van der Waals surface area contributed by atoms with Gasteiger partial charge < -0.3 is 10.1 Å². The van der Waals surface area contributed by atoms with Crippen molar-refractivity contribution in [1.29, 1.82) is 0 Å². The monoisotopic (exact) mass is 500 g/mol. The Labute approximate surface area is 206 Å². The van der Waals surface area contributed by atoms with E-state index in [2.05, 4.69) is 5.32 Å². The van der Waals surface area contributed by atoms with Crippen LogP contribution in [0.4, 0.5) is 5.69 Å². The van der Waals surface area contributed by atoms with Crippen LogP contribution in [0.5, 0.6) is 5.75 Å². The van der Waals surface area contributed by atoms with Gasteiger partial charge in [-0.1, -0.05) is 67.9 Å². The molecule has 0 radical (unpaired) electrons. The fraction of sp³-hybridized carbons (Fsp3) is 0.269. The second-order valence-corrected chi connectivity index (χ2v) is 10.5. The highest BCUT2D eigenvalue weighted by atomic mass is 35.5. The number of rotatable bonds is 10. The molecule has 0 aromatic heterocycles. The second-order valence-electron chi connectivity index (χ2n) is 8.21. The summed E-state index contributed by atoms with van der Waals surface area (Å²) in [6, 6.07) is 21.6. The Hall–Kier alpha value is -3.03. The summed E-state index contributed by atoms with van der Waals surface area (Å²) < 4.78 is 32.2. The number of nitrogens with zero attached hydrogens (tertiary/aromatic N) is 1. The maximum absolute atomic E-state index is 12.6. The second kappa shape index (κ2) is 11.4. The minimum absolute atomic E-state index is 0.174. The summed E-state index contributed by atoms with van der Waals surface area (Å²) in [7, 11) is -3.51. The molecule has 0 heterocycles. The Kier molecular flexibility index (Phi) is 8.58. The van der Waals surface area contributed by atoms with Gasteiger partial charge in [-0.05, 0) is 47.4 Å². The van der Waals surface area contributed by atoms with Gasteiger partial charge in [0.05, 0.1) is 30.1 Å². The average Bonchev–Trinajstić information content (AvgIpc) is 2.81. The molecule has 0 fully saturated rings. The number of carbonyl (C=O) groups is 1. The molecule has 0 saturated heterocycles. The highest BCUT2D eigenvalue weighted by Gasteiger charge is 2.21. The van der Waals surface area contributed by atoms with Crippen LogP contribution in [0, 0.1) is 0 Å². The number of para-hydroxylation sites is 2. The van der Waals surface area contributed by atoms with Gasteiger partial charge in [-0.3, -0.25) is 9.10 Å². The molecular weight excluding hydrogens is 472 g/mol. The van der Waals surface area contributed by atoms with Crippen molar-refractivity contribution in [3.05, 3.63) is 94.5 Å². The molecule has 3 aromatic carbocycles. The number of hydrogen-bond donors (Lipinski definition) is 1. The summed E-state index contributed by atoms with van der Waals surface area (Å²) in [6.07, 6.45) is 1.20. The predicted octanol–water partition coefficient (Wildman–Crippen LogP) is 5.24. The average molecular weight is 501 g/mol. The Bertz CT molecular complexity index is 1230. The number of nitrogens with one attached hydrogen (secondary N) is 1. The van der Waals surface area contributed by atoms with Crippen LogP contribution in [-0.2, 0) is 16.6 Å². The third-order valence-electron chi connectivity index (χ3n) is 5.25. The number of halogens is 1. The molecule has 0 bridgehead atoms. The Morgan fingerprint density at radius 1 is 1.00 bits per heavy atom. The Balaban J connectivity index is 1.63. The van der Waals surface area contributed by atoms with Crippen molar-refractivity contribution < 1.29 is 17.9 Å². The zero-order chi connectivity index (χ0) is 24.7. The molecule has 0 aliphatic carbocycles. The lowest BCUT2D eigenvalue weighted by Crippen LogP contribution is -2.30. The summed E-state index contributed by atoms with van der Waals surface area (Å²) in [4.78, 5) is 12.5. The molecule has 1 amide bonds.